The molecule has 0 spiro atoms. The molecular weight excluding hydrogens is 414 g/mol. The van der Waals surface area contributed by atoms with Crippen molar-refractivity contribution in [1.29, 1.82) is 0 Å². The van der Waals surface area contributed by atoms with Crippen molar-refractivity contribution in [2.24, 2.45) is 10.7 Å². The largest absolute Gasteiger partial charge is 0.464 e. The van der Waals surface area contributed by atoms with Gasteiger partial charge in [0, 0.05) is 17.5 Å². The third-order valence-electron chi connectivity index (χ3n) is 5.47. The molecule has 0 radical (unpaired) electrons. The van der Waals surface area contributed by atoms with E-state index in [0.29, 0.717) is 11.3 Å². The Balaban J connectivity index is 4.21. The van der Waals surface area contributed by atoms with Gasteiger partial charge in [-0.3, -0.25) is 9.59 Å². The van der Waals surface area contributed by atoms with Crippen molar-refractivity contribution in [1.82, 2.24) is 4.90 Å². The van der Waals surface area contributed by atoms with Gasteiger partial charge in [-0.25, -0.2) is 0 Å². The molecule has 1 amide bonds. The molecular formula is C27H51N3O3. The molecule has 0 aromatic carbocycles. The average Bonchev–Trinajstić information content (AvgIpc) is 2.81. The minimum absolute atomic E-state index is 0.194. The molecule has 0 aliphatic carbocycles. The van der Waals surface area contributed by atoms with Gasteiger partial charge in [-0.1, -0.05) is 90.2 Å². The number of unbranched alkanes of at least 4 members (excludes halogenated alkanes) is 13. The van der Waals surface area contributed by atoms with E-state index in [9.17, 15) is 9.59 Å². The SMILES string of the molecule is [2H]C([2H])([2H])N(CC(=O)OCCCCCCC)C(N)=NC(=O)CCCCC/C=C\CCCCCCCC. The van der Waals surface area contributed by atoms with Crippen molar-refractivity contribution >= 4 is 17.8 Å². The average molecular weight is 469 g/mol. The van der Waals surface area contributed by atoms with Crippen LogP contribution in [0.4, 0.5) is 0 Å². The summed E-state index contributed by atoms with van der Waals surface area (Å²) in [6.45, 7) is 1.32. The van der Waals surface area contributed by atoms with Gasteiger partial charge in [0.2, 0.25) is 5.91 Å². The molecule has 0 unspecified atom stereocenters. The first-order chi connectivity index (χ1) is 17.2. The van der Waals surface area contributed by atoms with Gasteiger partial charge in [0.25, 0.3) is 0 Å². The maximum absolute atomic E-state index is 12.2. The summed E-state index contributed by atoms with van der Waals surface area (Å²) in [5.41, 5.74) is 5.78. The second kappa shape index (κ2) is 23.3. The fraction of sp³-hybridized carbons (Fsp3) is 0.815. The molecule has 0 aromatic rings. The van der Waals surface area contributed by atoms with Crippen molar-refractivity contribution in [3.05, 3.63) is 12.2 Å². The number of carbonyl (C=O) groups is 2. The van der Waals surface area contributed by atoms with Gasteiger partial charge >= 0.3 is 5.97 Å². The Morgan fingerprint density at radius 3 is 2.00 bits per heavy atom. The van der Waals surface area contributed by atoms with Crippen LogP contribution in [0.25, 0.3) is 0 Å². The smallest absolute Gasteiger partial charge is 0.325 e. The lowest BCUT2D eigenvalue weighted by molar-refractivity contribution is -0.144. The first kappa shape index (κ1) is 25.8. The van der Waals surface area contributed by atoms with Crippen LogP contribution >= 0.6 is 0 Å². The van der Waals surface area contributed by atoms with Crippen molar-refractivity contribution in [2.75, 3.05) is 20.1 Å². The number of ether oxygens (including phenoxy) is 1. The zero-order valence-electron chi connectivity index (χ0n) is 24.3. The summed E-state index contributed by atoms with van der Waals surface area (Å²) >= 11 is 0. The molecule has 2 N–H and O–H groups in total. The Morgan fingerprint density at radius 1 is 0.848 bits per heavy atom. The van der Waals surface area contributed by atoms with E-state index in [0.717, 1.165) is 57.8 Å². The fourth-order valence-corrected chi connectivity index (χ4v) is 3.38. The number of guanidine groups is 1. The molecule has 0 aliphatic heterocycles. The van der Waals surface area contributed by atoms with E-state index in [1.807, 2.05) is 0 Å². The van der Waals surface area contributed by atoms with Crippen LogP contribution in [0.3, 0.4) is 0 Å². The lowest BCUT2D eigenvalue weighted by Gasteiger charge is -2.16. The third-order valence-corrected chi connectivity index (χ3v) is 5.47. The lowest BCUT2D eigenvalue weighted by Crippen LogP contribution is -2.39. The molecule has 6 nitrogen and oxygen atoms in total. The number of hydrogen-bond donors (Lipinski definition) is 1. The standard InChI is InChI=1S/C27H51N3O3/c1-4-6-8-10-11-12-13-14-15-16-17-18-20-22-25(31)29-27(28)30(3)24-26(32)33-23-21-19-9-7-5-2/h14-15H,4-13,16-24H2,1-3H3,(H2,28,29,31)/b15-14-/i3D3. The van der Waals surface area contributed by atoms with Gasteiger partial charge in [-0.15, -0.1) is 0 Å². The van der Waals surface area contributed by atoms with Gasteiger partial charge in [-0.05, 0) is 38.5 Å². The fourth-order valence-electron chi connectivity index (χ4n) is 3.38. The highest BCUT2D eigenvalue weighted by molar-refractivity contribution is 5.93. The minimum atomic E-state index is -2.70. The lowest BCUT2D eigenvalue weighted by atomic mass is 10.1. The Labute approximate surface area is 207 Å². The normalized spacial score (nSPS) is 13.5. The van der Waals surface area contributed by atoms with Crippen LogP contribution in [0.1, 0.15) is 127 Å². The first-order valence-corrected chi connectivity index (χ1v) is 13.2. The summed E-state index contributed by atoms with van der Waals surface area (Å²) < 4.78 is 28.0. The maximum atomic E-state index is 12.2. The predicted molar refractivity (Wildman–Crippen MR) is 139 cm³/mol. The van der Waals surface area contributed by atoms with Crippen LogP contribution in [0.5, 0.6) is 0 Å². The van der Waals surface area contributed by atoms with Crippen molar-refractivity contribution in [2.45, 2.75) is 123 Å². The van der Waals surface area contributed by atoms with Gasteiger partial charge in [0.1, 0.15) is 6.54 Å². The Morgan fingerprint density at radius 2 is 1.39 bits per heavy atom. The number of nitrogens with zero attached hydrogens (tertiary/aromatic N) is 2. The van der Waals surface area contributed by atoms with Crippen molar-refractivity contribution < 1.29 is 18.4 Å². The van der Waals surface area contributed by atoms with E-state index in [2.05, 4.69) is 31.0 Å². The van der Waals surface area contributed by atoms with Crippen LogP contribution in [-0.4, -0.2) is 42.9 Å². The van der Waals surface area contributed by atoms with Crippen LogP contribution in [0.2, 0.25) is 0 Å². The van der Waals surface area contributed by atoms with E-state index in [-0.39, 0.29) is 13.0 Å². The monoisotopic (exact) mass is 468 g/mol. The molecule has 0 atom stereocenters. The Hall–Kier alpha value is -1.85. The first-order valence-electron chi connectivity index (χ1n) is 14.7. The highest BCUT2D eigenvalue weighted by atomic mass is 16.5. The van der Waals surface area contributed by atoms with E-state index < -0.39 is 31.4 Å². The van der Waals surface area contributed by atoms with Gasteiger partial charge in [0.05, 0.1) is 6.61 Å². The maximum Gasteiger partial charge on any atom is 0.325 e. The number of rotatable bonds is 21. The summed E-state index contributed by atoms with van der Waals surface area (Å²) in [4.78, 5) is 28.6. The van der Waals surface area contributed by atoms with Crippen LogP contribution < -0.4 is 5.73 Å². The van der Waals surface area contributed by atoms with E-state index in [4.69, 9.17) is 14.6 Å². The van der Waals surface area contributed by atoms with E-state index in [1.165, 1.54) is 38.5 Å². The van der Waals surface area contributed by atoms with Crippen molar-refractivity contribution in [3.63, 3.8) is 0 Å². The highest BCUT2D eigenvalue weighted by Crippen LogP contribution is 2.09. The number of carbonyl (C=O) groups excluding carboxylic acids is 2. The molecule has 192 valence electrons. The van der Waals surface area contributed by atoms with Crippen LogP contribution in [0, 0.1) is 0 Å². The molecule has 0 saturated heterocycles. The molecule has 0 saturated carbocycles. The number of likely N-dealkylation sites (N-methyl/N-ethyl adjacent to an activating group) is 1. The predicted octanol–water partition coefficient (Wildman–Crippen LogP) is 6.53. The van der Waals surface area contributed by atoms with Gasteiger partial charge in [-0.2, -0.15) is 4.99 Å². The molecule has 33 heavy (non-hydrogen) atoms. The van der Waals surface area contributed by atoms with Gasteiger partial charge in [0.15, 0.2) is 5.96 Å². The molecule has 0 aliphatic rings. The number of esters is 1. The summed E-state index contributed by atoms with van der Waals surface area (Å²) in [7, 11) is 0. The zero-order chi connectivity index (χ0) is 27.1. The molecule has 0 bridgehead atoms. The Kier molecular flexibility index (Phi) is 18.2. The zero-order valence-corrected chi connectivity index (χ0v) is 21.3. The number of hydrogen-bond acceptors (Lipinski definition) is 3. The highest BCUT2D eigenvalue weighted by Gasteiger charge is 2.11. The summed E-state index contributed by atoms with van der Waals surface area (Å²) in [5.74, 6) is -1.65. The molecule has 0 rings (SSSR count). The quantitative estimate of drug-likeness (QED) is 0.0680. The third kappa shape index (κ3) is 21.7. The number of aliphatic imine (C=N–C) groups is 1. The summed E-state index contributed by atoms with van der Waals surface area (Å²) in [5, 5.41) is 0. The second-order valence-corrected chi connectivity index (χ2v) is 8.71. The molecule has 6 heteroatoms. The van der Waals surface area contributed by atoms with Crippen molar-refractivity contribution in [3.8, 4) is 0 Å². The topological polar surface area (TPSA) is 85.0 Å². The Bertz CT molecular complexity index is 637. The number of amides is 1. The molecule has 0 heterocycles. The van der Waals surface area contributed by atoms with E-state index in [1.54, 1.807) is 0 Å². The van der Waals surface area contributed by atoms with Crippen LogP contribution in [-0.2, 0) is 14.3 Å². The second-order valence-electron chi connectivity index (χ2n) is 8.71. The van der Waals surface area contributed by atoms with Gasteiger partial charge < -0.3 is 15.4 Å². The van der Waals surface area contributed by atoms with E-state index >= 15 is 0 Å². The molecule has 0 fully saturated rings. The number of allylic oxidation sites excluding steroid dienone is 2. The summed E-state index contributed by atoms with van der Waals surface area (Å²) in [6, 6.07) is 0. The summed E-state index contributed by atoms with van der Waals surface area (Å²) in [6.07, 6.45) is 22.2. The van der Waals surface area contributed by atoms with Crippen LogP contribution in [0.15, 0.2) is 17.1 Å². The minimum Gasteiger partial charge on any atom is -0.464 e. The molecule has 0 aromatic heterocycles. The number of nitrogens with two attached hydrogens (primary N) is 1.